The molecular weight excluding hydrogens is 374 g/mol. The summed E-state index contributed by atoms with van der Waals surface area (Å²) in [4.78, 5) is 23.9. The second kappa shape index (κ2) is 9.43. The summed E-state index contributed by atoms with van der Waals surface area (Å²) >= 11 is 0. The first kappa shape index (κ1) is 20.7. The van der Waals surface area contributed by atoms with Gasteiger partial charge in [0.15, 0.2) is 0 Å². The molecule has 154 valence electrons. The maximum absolute atomic E-state index is 12.6. The Morgan fingerprint density at radius 3 is 2.52 bits per heavy atom. The molecule has 29 heavy (non-hydrogen) atoms. The summed E-state index contributed by atoms with van der Waals surface area (Å²) in [5.74, 6) is -0.375. The van der Waals surface area contributed by atoms with Crippen LogP contribution in [0.15, 0.2) is 42.5 Å². The van der Waals surface area contributed by atoms with Gasteiger partial charge >= 0.3 is 5.97 Å². The number of nitrogens with one attached hydrogen (secondary N) is 1. The largest absolute Gasteiger partial charge is 0.491 e. The third-order valence-corrected chi connectivity index (χ3v) is 4.41. The maximum atomic E-state index is 12.6. The van der Waals surface area contributed by atoms with Gasteiger partial charge in [-0.2, -0.15) is 0 Å². The highest BCUT2D eigenvalue weighted by atomic mass is 16.5. The zero-order valence-corrected chi connectivity index (χ0v) is 16.5. The summed E-state index contributed by atoms with van der Waals surface area (Å²) in [7, 11) is 0. The molecule has 1 atom stereocenters. The number of amides is 1. The van der Waals surface area contributed by atoms with Crippen molar-refractivity contribution in [3.05, 3.63) is 53.6 Å². The molecule has 1 aliphatic rings. The quantitative estimate of drug-likeness (QED) is 0.697. The van der Waals surface area contributed by atoms with Crippen molar-refractivity contribution >= 4 is 17.6 Å². The van der Waals surface area contributed by atoms with E-state index in [2.05, 4.69) is 5.32 Å². The van der Waals surface area contributed by atoms with E-state index < -0.39 is 5.97 Å². The van der Waals surface area contributed by atoms with E-state index in [9.17, 15) is 14.7 Å². The van der Waals surface area contributed by atoms with Gasteiger partial charge in [0.1, 0.15) is 18.1 Å². The zero-order valence-electron chi connectivity index (χ0n) is 16.5. The molecule has 0 saturated carbocycles. The fourth-order valence-electron chi connectivity index (χ4n) is 2.98. The highest BCUT2D eigenvalue weighted by Gasteiger charge is 2.17. The van der Waals surface area contributed by atoms with Crippen LogP contribution < -0.4 is 14.8 Å². The Hall–Kier alpha value is -3.06. The van der Waals surface area contributed by atoms with Crippen LogP contribution in [-0.4, -0.2) is 42.4 Å². The van der Waals surface area contributed by atoms with Crippen LogP contribution in [-0.2, 0) is 4.74 Å². The van der Waals surface area contributed by atoms with Crippen molar-refractivity contribution in [3.63, 3.8) is 0 Å². The molecule has 2 aromatic rings. The molecule has 2 aromatic carbocycles. The number of ether oxygens (including phenoxy) is 3. The first-order chi connectivity index (χ1) is 13.9. The SMILES string of the molecule is CC(C)Oc1ccc(C(=O)O)cc1NC(=O)c1ccc(OCC2CCCO2)cc1. The first-order valence-corrected chi connectivity index (χ1v) is 9.62. The summed E-state index contributed by atoms with van der Waals surface area (Å²) in [6, 6.07) is 11.1. The van der Waals surface area contributed by atoms with E-state index >= 15 is 0 Å². The van der Waals surface area contributed by atoms with Crippen LogP contribution in [0.25, 0.3) is 0 Å². The van der Waals surface area contributed by atoms with E-state index in [1.54, 1.807) is 30.3 Å². The summed E-state index contributed by atoms with van der Waals surface area (Å²) in [5.41, 5.74) is 0.794. The summed E-state index contributed by atoms with van der Waals surface area (Å²) in [6.45, 7) is 4.97. The van der Waals surface area contributed by atoms with E-state index in [1.165, 1.54) is 12.1 Å². The summed E-state index contributed by atoms with van der Waals surface area (Å²) in [5, 5.41) is 12.0. The molecule has 0 bridgehead atoms. The number of carboxylic acids is 1. The van der Waals surface area contributed by atoms with Gasteiger partial charge in [-0.3, -0.25) is 4.79 Å². The van der Waals surface area contributed by atoms with Gasteiger partial charge in [0, 0.05) is 12.2 Å². The number of carbonyl (C=O) groups is 2. The van der Waals surface area contributed by atoms with Crippen molar-refractivity contribution in [2.75, 3.05) is 18.5 Å². The minimum atomic E-state index is -1.08. The summed E-state index contributed by atoms with van der Waals surface area (Å²) in [6.07, 6.45) is 2.05. The number of carbonyl (C=O) groups excluding carboxylic acids is 1. The van der Waals surface area contributed by atoms with Gasteiger partial charge in [0.25, 0.3) is 5.91 Å². The molecule has 7 nitrogen and oxygen atoms in total. The van der Waals surface area contributed by atoms with Gasteiger partial charge in [-0.25, -0.2) is 4.79 Å². The first-order valence-electron chi connectivity index (χ1n) is 9.62. The zero-order chi connectivity index (χ0) is 20.8. The predicted molar refractivity (Wildman–Crippen MR) is 108 cm³/mol. The lowest BCUT2D eigenvalue weighted by molar-refractivity contribution is 0.0679. The van der Waals surface area contributed by atoms with Crippen LogP contribution in [0.5, 0.6) is 11.5 Å². The minimum Gasteiger partial charge on any atom is -0.491 e. The molecule has 1 unspecified atom stereocenters. The molecule has 0 radical (unpaired) electrons. The van der Waals surface area contributed by atoms with Gasteiger partial charge in [0.05, 0.1) is 23.5 Å². The van der Waals surface area contributed by atoms with Crippen molar-refractivity contribution in [1.29, 1.82) is 0 Å². The smallest absolute Gasteiger partial charge is 0.335 e. The molecule has 1 aliphatic heterocycles. The molecule has 7 heteroatoms. The molecule has 0 aliphatic carbocycles. The van der Waals surface area contributed by atoms with Crippen LogP contribution in [0.4, 0.5) is 5.69 Å². The lowest BCUT2D eigenvalue weighted by Gasteiger charge is -2.16. The average molecular weight is 399 g/mol. The van der Waals surface area contributed by atoms with Crippen molar-refractivity contribution in [2.45, 2.75) is 38.9 Å². The number of anilines is 1. The predicted octanol–water partition coefficient (Wildman–Crippen LogP) is 3.98. The third kappa shape index (κ3) is 5.71. The average Bonchev–Trinajstić information content (AvgIpc) is 3.21. The Bertz CT molecular complexity index is 856. The summed E-state index contributed by atoms with van der Waals surface area (Å²) < 4.78 is 16.9. The lowest BCUT2D eigenvalue weighted by atomic mass is 10.1. The topological polar surface area (TPSA) is 94.1 Å². The second-order valence-electron chi connectivity index (χ2n) is 7.11. The number of carboxylic acid groups (broad SMARTS) is 1. The molecule has 3 rings (SSSR count). The number of hydrogen-bond acceptors (Lipinski definition) is 5. The van der Waals surface area contributed by atoms with Gasteiger partial charge in [-0.1, -0.05) is 0 Å². The van der Waals surface area contributed by atoms with Gasteiger partial charge in [-0.05, 0) is 69.2 Å². The van der Waals surface area contributed by atoms with Crippen molar-refractivity contribution in [3.8, 4) is 11.5 Å². The van der Waals surface area contributed by atoms with E-state index in [0.717, 1.165) is 19.4 Å². The van der Waals surface area contributed by atoms with Crippen LogP contribution in [0, 0.1) is 0 Å². The van der Waals surface area contributed by atoms with Gasteiger partial charge in [0.2, 0.25) is 0 Å². The van der Waals surface area contributed by atoms with Gasteiger partial charge < -0.3 is 24.6 Å². The fraction of sp³-hybridized carbons (Fsp3) is 0.364. The second-order valence-corrected chi connectivity index (χ2v) is 7.11. The van der Waals surface area contributed by atoms with Crippen LogP contribution in [0.3, 0.4) is 0 Å². The monoisotopic (exact) mass is 399 g/mol. The van der Waals surface area contributed by atoms with E-state index in [4.69, 9.17) is 14.2 Å². The number of rotatable bonds is 8. The molecule has 1 heterocycles. The van der Waals surface area contributed by atoms with Crippen LogP contribution in [0.2, 0.25) is 0 Å². The van der Waals surface area contributed by atoms with Crippen molar-refractivity contribution in [2.24, 2.45) is 0 Å². The Morgan fingerprint density at radius 1 is 1.17 bits per heavy atom. The maximum Gasteiger partial charge on any atom is 0.335 e. The molecule has 0 spiro atoms. The van der Waals surface area contributed by atoms with E-state index in [-0.39, 0.29) is 23.7 Å². The Morgan fingerprint density at radius 2 is 1.90 bits per heavy atom. The normalized spacial score (nSPS) is 15.9. The number of benzene rings is 2. The molecule has 2 N–H and O–H groups in total. The molecular formula is C22H25NO6. The van der Waals surface area contributed by atoms with Crippen LogP contribution in [0.1, 0.15) is 47.4 Å². The Labute approximate surface area is 169 Å². The van der Waals surface area contributed by atoms with Crippen LogP contribution >= 0.6 is 0 Å². The molecule has 1 amide bonds. The number of hydrogen-bond donors (Lipinski definition) is 2. The molecule has 1 saturated heterocycles. The van der Waals surface area contributed by atoms with Crippen molar-refractivity contribution < 1.29 is 28.9 Å². The fourth-order valence-corrected chi connectivity index (χ4v) is 2.98. The number of aromatic carboxylic acids is 1. The minimum absolute atomic E-state index is 0.0642. The Kier molecular flexibility index (Phi) is 6.72. The molecule has 0 aromatic heterocycles. The van der Waals surface area contributed by atoms with E-state index in [1.807, 2.05) is 13.8 Å². The highest BCUT2D eigenvalue weighted by Crippen LogP contribution is 2.28. The van der Waals surface area contributed by atoms with Crippen molar-refractivity contribution in [1.82, 2.24) is 0 Å². The van der Waals surface area contributed by atoms with E-state index in [0.29, 0.717) is 29.4 Å². The Balaban J connectivity index is 1.68. The lowest BCUT2D eigenvalue weighted by Crippen LogP contribution is -2.17. The standard InChI is InChI=1S/C22H25NO6/c1-14(2)29-20-10-7-16(22(25)26)12-19(20)23-21(24)15-5-8-17(9-6-15)28-13-18-4-3-11-27-18/h5-10,12,14,18H,3-4,11,13H2,1-2H3,(H,23,24)(H,25,26). The molecule has 1 fully saturated rings. The highest BCUT2D eigenvalue weighted by molar-refractivity contribution is 6.05. The third-order valence-electron chi connectivity index (χ3n) is 4.41. The van der Waals surface area contributed by atoms with Gasteiger partial charge in [-0.15, -0.1) is 0 Å².